The summed E-state index contributed by atoms with van der Waals surface area (Å²) in [5.41, 5.74) is 7.20. The molecular formula is C15H25FN2OS. The maximum atomic E-state index is 13.8. The maximum absolute atomic E-state index is 13.8. The minimum Gasteiger partial charge on any atom is -0.488 e. The number of benzene rings is 1. The van der Waals surface area contributed by atoms with Crippen molar-refractivity contribution in [2.75, 3.05) is 29.7 Å². The fourth-order valence-electron chi connectivity index (χ4n) is 1.93. The van der Waals surface area contributed by atoms with Crippen LogP contribution in [0.1, 0.15) is 27.2 Å². The SMILES string of the molecule is CSCCC(C)N(C)c1cc(OC(C)C)c(F)cc1N. The molecule has 0 aliphatic carbocycles. The number of nitrogens with zero attached hydrogens (tertiary/aromatic N) is 1. The van der Waals surface area contributed by atoms with Crippen LogP contribution in [0.25, 0.3) is 0 Å². The van der Waals surface area contributed by atoms with Crippen molar-refractivity contribution in [3.8, 4) is 5.75 Å². The zero-order valence-electron chi connectivity index (χ0n) is 12.9. The Balaban J connectivity index is 2.98. The van der Waals surface area contributed by atoms with E-state index in [1.807, 2.05) is 32.7 Å². The van der Waals surface area contributed by atoms with Crippen LogP contribution in [0.3, 0.4) is 0 Å². The van der Waals surface area contributed by atoms with E-state index in [4.69, 9.17) is 10.5 Å². The van der Waals surface area contributed by atoms with Gasteiger partial charge in [0.25, 0.3) is 0 Å². The number of ether oxygens (including phenoxy) is 1. The van der Waals surface area contributed by atoms with Crippen molar-refractivity contribution in [1.29, 1.82) is 0 Å². The molecule has 0 fully saturated rings. The highest BCUT2D eigenvalue weighted by Crippen LogP contribution is 2.32. The largest absolute Gasteiger partial charge is 0.488 e. The Morgan fingerprint density at radius 2 is 2.00 bits per heavy atom. The van der Waals surface area contributed by atoms with Gasteiger partial charge in [0.1, 0.15) is 0 Å². The molecule has 20 heavy (non-hydrogen) atoms. The van der Waals surface area contributed by atoms with Gasteiger partial charge in [-0.1, -0.05) is 0 Å². The second-order valence-corrected chi connectivity index (χ2v) is 6.24. The number of nitrogen functional groups attached to an aromatic ring is 1. The van der Waals surface area contributed by atoms with Crippen molar-refractivity contribution >= 4 is 23.1 Å². The Morgan fingerprint density at radius 1 is 1.35 bits per heavy atom. The number of hydrogen-bond donors (Lipinski definition) is 1. The molecular weight excluding hydrogens is 275 g/mol. The third-order valence-corrected chi connectivity index (χ3v) is 3.87. The van der Waals surface area contributed by atoms with E-state index in [-0.39, 0.29) is 11.9 Å². The molecule has 0 amide bonds. The minimum atomic E-state index is -0.412. The molecule has 0 bridgehead atoms. The van der Waals surface area contributed by atoms with Crippen molar-refractivity contribution in [2.45, 2.75) is 39.3 Å². The molecule has 0 heterocycles. The quantitative estimate of drug-likeness (QED) is 0.778. The number of anilines is 2. The first-order valence-corrected chi connectivity index (χ1v) is 8.23. The molecule has 0 saturated heterocycles. The molecule has 114 valence electrons. The van der Waals surface area contributed by atoms with Crippen LogP contribution in [-0.2, 0) is 0 Å². The molecule has 0 aromatic heterocycles. The summed E-state index contributed by atoms with van der Waals surface area (Å²) in [6.07, 6.45) is 3.07. The molecule has 0 spiro atoms. The predicted molar refractivity (Wildman–Crippen MR) is 87.4 cm³/mol. The first-order valence-electron chi connectivity index (χ1n) is 6.84. The van der Waals surface area contributed by atoms with Crippen LogP contribution < -0.4 is 15.4 Å². The van der Waals surface area contributed by atoms with Gasteiger partial charge >= 0.3 is 0 Å². The zero-order chi connectivity index (χ0) is 15.3. The lowest BCUT2D eigenvalue weighted by atomic mass is 10.1. The normalized spacial score (nSPS) is 12.6. The summed E-state index contributed by atoms with van der Waals surface area (Å²) in [7, 11) is 1.98. The minimum absolute atomic E-state index is 0.0693. The highest BCUT2D eigenvalue weighted by Gasteiger charge is 2.16. The van der Waals surface area contributed by atoms with Crippen LogP contribution in [-0.4, -0.2) is 31.2 Å². The number of halogens is 1. The summed E-state index contributed by atoms with van der Waals surface area (Å²) < 4.78 is 19.3. The first-order chi connectivity index (χ1) is 9.36. The zero-order valence-corrected chi connectivity index (χ0v) is 13.8. The van der Waals surface area contributed by atoms with Crippen LogP contribution >= 0.6 is 11.8 Å². The van der Waals surface area contributed by atoms with E-state index in [0.29, 0.717) is 11.7 Å². The molecule has 1 unspecified atom stereocenters. The molecule has 0 radical (unpaired) electrons. The van der Waals surface area contributed by atoms with Crippen LogP contribution in [0.4, 0.5) is 15.8 Å². The van der Waals surface area contributed by atoms with Crippen LogP contribution in [0.2, 0.25) is 0 Å². The molecule has 0 aliphatic heterocycles. The predicted octanol–water partition coefficient (Wildman–Crippen LogP) is 3.77. The maximum Gasteiger partial charge on any atom is 0.167 e. The van der Waals surface area contributed by atoms with Gasteiger partial charge in [-0.3, -0.25) is 0 Å². The van der Waals surface area contributed by atoms with Crippen LogP contribution in [0, 0.1) is 5.82 Å². The summed E-state index contributed by atoms with van der Waals surface area (Å²) in [4.78, 5) is 2.08. The molecule has 1 aromatic rings. The van der Waals surface area contributed by atoms with Crippen molar-refractivity contribution in [1.82, 2.24) is 0 Å². The summed E-state index contributed by atoms with van der Waals surface area (Å²) in [6.45, 7) is 5.89. The monoisotopic (exact) mass is 300 g/mol. The Labute approximate surface area is 125 Å². The van der Waals surface area contributed by atoms with Gasteiger partial charge in [0.15, 0.2) is 11.6 Å². The lowest BCUT2D eigenvalue weighted by molar-refractivity contribution is 0.231. The first kappa shape index (κ1) is 17.0. The van der Waals surface area contributed by atoms with Crippen LogP contribution in [0.5, 0.6) is 5.75 Å². The smallest absolute Gasteiger partial charge is 0.167 e. The average Bonchev–Trinajstić information content (AvgIpc) is 2.37. The van der Waals surface area contributed by atoms with Gasteiger partial charge in [0.2, 0.25) is 0 Å². The van der Waals surface area contributed by atoms with E-state index < -0.39 is 5.82 Å². The molecule has 1 rings (SSSR count). The Kier molecular flexibility index (Phi) is 6.46. The van der Waals surface area contributed by atoms with Gasteiger partial charge in [-0.25, -0.2) is 4.39 Å². The molecule has 5 heteroatoms. The molecule has 0 saturated carbocycles. The van der Waals surface area contributed by atoms with Crippen molar-refractivity contribution in [2.24, 2.45) is 0 Å². The van der Waals surface area contributed by atoms with Gasteiger partial charge < -0.3 is 15.4 Å². The highest BCUT2D eigenvalue weighted by molar-refractivity contribution is 7.98. The fraction of sp³-hybridized carbons (Fsp3) is 0.600. The van der Waals surface area contributed by atoms with Crippen LogP contribution in [0.15, 0.2) is 12.1 Å². The van der Waals surface area contributed by atoms with E-state index in [2.05, 4.69) is 18.1 Å². The van der Waals surface area contributed by atoms with E-state index >= 15 is 0 Å². The van der Waals surface area contributed by atoms with Gasteiger partial charge in [0, 0.05) is 25.2 Å². The summed E-state index contributed by atoms with van der Waals surface area (Å²) >= 11 is 1.82. The van der Waals surface area contributed by atoms with Gasteiger partial charge in [-0.2, -0.15) is 11.8 Å². The third-order valence-electron chi connectivity index (χ3n) is 3.22. The van der Waals surface area contributed by atoms with E-state index in [1.54, 1.807) is 6.07 Å². The van der Waals surface area contributed by atoms with Crippen molar-refractivity contribution in [3.63, 3.8) is 0 Å². The van der Waals surface area contributed by atoms with Gasteiger partial charge in [-0.15, -0.1) is 0 Å². The summed E-state index contributed by atoms with van der Waals surface area (Å²) in [5, 5.41) is 0. The second-order valence-electron chi connectivity index (χ2n) is 5.25. The third kappa shape index (κ3) is 4.47. The van der Waals surface area contributed by atoms with E-state index in [1.165, 1.54) is 6.07 Å². The highest BCUT2D eigenvalue weighted by atomic mass is 32.2. The lowest BCUT2D eigenvalue weighted by Gasteiger charge is -2.28. The average molecular weight is 300 g/mol. The topological polar surface area (TPSA) is 38.5 Å². The number of hydrogen-bond acceptors (Lipinski definition) is 4. The standard InChI is InChI=1S/C15H25FN2OS/c1-10(2)19-15-9-14(13(17)8-12(15)16)18(4)11(3)6-7-20-5/h8-11H,6-7,17H2,1-5H3. The summed E-state index contributed by atoms with van der Waals surface area (Å²) in [5.74, 6) is 0.931. The van der Waals surface area contributed by atoms with Crippen molar-refractivity contribution in [3.05, 3.63) is 17.9 Å². The molecule has 0 aliphatic rings. The van der Waals surface area contributed by atoms with Crippen molar-refractivity contribution < 1.29 is 9.13 Å². The Bertz CT molecular complexity index is 440. The van der Waals surface area contributed by atoms with Gasteiger partial charge in [-0.05, 0) is 39.2 Å². The molecule has 1 atom stereocenters. The number of thioether (sulfide) groups is 1. The van der Waals surface area contributed by atoms with E-state index in [0.717, 1.165) is 17.9 Å². The van der Waals surface area contributed by atoms with Gasteiger partial charge in [0.05, 0.1) is 17.5 Å². The number of nitrogens with two attached hydrogens (primary N) is 1. The molecule has 1 aromatic carbocycles. The second kappa shape index (κ2) is 7.62. The lowest BCUT2D eigenvalue weighted by Crippen LogP contribution is -2.30. The van der Waals surface area contributed by atoms with E-state index in [9.17, 15) is 4.39 Å². The Morgan fingerprint density at radius 3 is 2.55 bits per heavy atom. The molecule has 2 N–H and O–H groups in total. The fourth-order valence-corrected chi connectivity index (χ4v) is 2.50. The number of rotatable bonds is 7. The molecule has 3 nitrogen and oxygen atoms in total. The summed E-state index contributed by atoms with van der Waals surface area (Å²) in [6, 6.07) is 3.37. The Hall–Kier alpha value is -1.10.